The molecule has 1 aromatic rings. The van der Waals surface area contributed by atoms with Gasteiger partial charge in [-0.25, -0.2) is 0 Å². The summed E-state index contributed by atoms with van der Waals surface area (Å²) in [6.45, 7) is 1.99. The van der Waals surface area contributed by atoms with E-state index in [9.17, 15) is 18.0 Å². The first-order valence-corrected chi connectivity index (χ1v) is 6.28. The van der Waals surface area contributed by atoms with Crippen LogP contribution < -0.4 is 0 Å². The quantitative estimate of drug-likeness (QED) is 0.778. The first-order valence-electron chi connectivity index (χ1n) is 5.74. The summed E-state index contributed by atoms with van der Waals surface area (Å²) in [5, 5.41) is 0. The molecule has 6 heteroatoms. The number of carbonyl (C=O) groups is 1. The SMILES string of the molecule is Cc1cccc(C)c1C(=O)N(CCCl)CC(F)(F)F. The molecular weight excluding hydrogens is 279 g/mol. The highest BCUT2D eigenvalue weighted by Gasteiger charge is 2.33. The fourth-order valence-corrected chi connectivity index (χ4v) is 2.08. The first-order chi connectivity index (χ1) is 8.76. The standard InChI is InChI=1S/C13H15ClF3NO/c1-9-4-3-5-10(2)11(9)12(19)18(7-6-14)8-13(15,16)17/h3-5H,6-8H2,1-2H3. The summed E-state index contributed by atoms with van der Waals surface area (Å²) in [6, 6.07) is 5.16. The second kappa shape index (κ2) is 6.28. The Bertz CT molecular complexity index is 439. The van der Waals surface area contributed by atoms with Crippen LogP contribution in [0.5, 0.6) is 0 Å². The molecule has 1 rings (SSSR count). The molecule has 0 spiro atoms. The summed E-state index contributed by atoms with van der Waals surface area (Å²) in [7, 11) is 0. The van der Waals surface area contributed by atoms with Crippen molar-refractivity contribution in [1.29, 1.82) is 0 Å². The number of nitrogens with zero attached hydrogens (tertiary/aromatic N) is 1. The van der Waals surface area contributed by atoms with E-state index in [0.29, 0.717) is 16.7 Å². The molecule has 0 aliphatic rings. The molecule has 1 aromatic carbocycles. The maximum atomic E-state index is 12.5. The number of carbonyl (C=O) groups excluding carboxylic acids is 1. The van der Waals surface area contributed by atoms with Crippen LogP contribution >= 0.6 is 11.6 Å². The molecular formula is C13H15ClF3NO. The zero-order valence-corrected chi connectivity index (χ0v) is 11.5. The lowest BCUT2D eigenvalue weighted by Crippen LogP contribution is -2.40. The van der Waals surface area contributed by atoms with Crippen molar-refractivity contribution in [2.24, 2.45) is 0 Å². The van der Waals surface area contributed by atoms with Gasteiger partial charge in [0.15, 0.2) is 0 Å². The zero-order chi connectivity index (χ0) is 14.6. The predicted octanol–water partition coefficient (Wildman–Crippen LogP) is 3.55. The van der Waals surface area contributed by atoms with Crippen LogP contribution in [-0.4, -0.2) is 36.0 Å². The highest BCUT2D eigenvalue weighted by atomic mass is 35.5. The second-order valence-electron chi connectivity index (χ2n) is 4.30. The summed E-state index contributed by atoms with van der Waals surface area (Å²) in [5.41, 5.74) is 1.63. The van der Waals surface area contributed by atoms with Gasteiger partial charge in [-0.3, -0.25) is 4.79 Å². The maximum Gasteiger partial charge on any atom is 0.406 e. The lowest BCUT2D eigenvalue weighted by molar-refractivity contribution is -0.140. The molecule has 0 bridgehead atoms. The van der Waals surface area contributed by atoms with Crippen molar-refractivity contribution in [3.05, 3.63) is 34.9 Å². The monoisotopic (exact) mass is 293 g/mol. The Morgan fingerprint density at radius 1 is 1.26 bits per heavy atom. The van der Waals surface area contributed by atoms with Crippen molar-refractivity contribution < 1.29 is 18.0 Å². The van der Waals surface area contributed by atoms with E-state index in [4.69, 9.17) is 11.6 Å². The number of hydrogen-bond donors (Lipinski definition) is 0. The van der Waals surface area contributed by atoms with Crippen LogP contribution in [0.1, 0.15) is 21.5 Å². The number of amides is 1. The Morgan fingerprint density at radius 2 is 1.79 bits per heavy atom. The summed E-state index contributed by atoms with van der Waals surface area (Å²) in [6.07, 6.45) is -4.43. The smallest absolute Gasteiger partial charge is 0.328 e. The third kappa shape index (κ3) is 4.42. The number of aryl methyl sites for hydroxylation is 2. The Hall–Kier alpha value is -1.23. The summed E-state index contributed by atoms with van der Waals surface area (Å²) in [5.74, 6) is -0.666. The number of benzene rings is 1. The molecule has 0 saturated carbocycles. The molecule has 0 fully saturated rings. The molecule has 0 aliphatic carbocycles. The van der Waals surface area contributed by atoms with E-state index in [1.165, 1.54) is 0 Å². The van der Waals surface area contributed by atoms with E-state index in [1.54, 1.807) is 32.0 Å². The summed E-state index contributed by atoms with van der Waals surface area (Å²) >= 11 is 5.47. The first kappa shape index (κ1) is 15.8. The van der Waals surface area contributed by atoms with Crippen molar-refractivity contribution >= 4 is 17.5 Å². The van der Waals surface area contributed by atoms with E-state index in [2.05, 4.69) is 0 Å². The van der Waals surface area contributed by atoms with E-state index in [-0.39, 0.29) is 12.4 Å². The third-order valence-electron chi connectivity index (χ3n) is 2.71. The van der Waals surface area contributed by atoms with Crippen LogP contribution in [0.2, 0.25) is 0 Å². The molecule has 0 N–H and O–H groups in total. The predicted molar refractivity (Wildman–Crippen MR) is 68.6 cm³/mol. The molecule has 2 nitrogen and oxygen atoms in total. The average Bonchev–Trinajstić information content (AvgIpc) is 2.26. The molecule has 0 unspecified atom stereocenters. The molecule has 0 heterocycles. The van der Waals surface area contributed by atoms with Crippen LogP contribution in [0.25, 0.3) is 0 Å². The van der Waals surface area contributed by atoms with Gasteiger partial charge in [-0.15, -0.1) is 11.6 Å². The van der Waals surface area contributed by atoms with Gasteiger partial charge in [0.1, 0.15) is 6.54 Å². The molecule has 0 saturated heterocycles. The number of halogens is 4. The molecule has 1 amide bonds. The van der Waals surface area contributed by atoms with Crippen LogP contribution in [0.3, 0.4) is 0 Å². The zero-order valence-electron chi connectivity index (χ0n) is 10.7. The van der Waals surface area contributed by atoms with E-state index in [0.717, 1.165) is 4.90 Å². The third-order valence-corrected chi connectivity index (χ3v) is 2.88. The Kier molecular flexibility index (Phi) is 5.23. The second-order valence-corrected chi connectivity index (χ2v) is 4.68. The Balaban J connectivity index is 3.06. The minimum atomic E-state index is -4.43. The van der Waals surface area contributed by atoms with Crippen molar-refractivity contribution in [3.8, 4) is 0 Å². The summed E-state index contributed by atoms with van der Waals surface area (Å²) < 4.78 is 37.4. The largest absolute Gasteiger partial charge is 0.406 e. The fraction of sp³-hybridized carbons (Fsp3) is 0.462. The van der Waals surface area contributed by atoms with Gasteiger partial charge in [-0.1, -0.05) is 18.2 Å². The topological polar surface area (TPSA) is 20.3 Å². The van der Waals surface area contributed by atoms with Crippen molar-refractivity contribution in [2.75, 3.05) is 19.0 Å². The number of rotatable bonds is 4. The van der Waals surface area contributed by atoms with Crippen LogP contribution in [-0.2, 0) is 0 Å². The Labute approximate surface area is 115 Å². The van der Waals surface area contributed by atoms with Gasteiger partial charge in [-0.05, 0) is 25.0 Å². The highest BCUT2D eigenvalue weighted by Crippen LogP contribution is 2.21. The lowest BCUT2D eigenvalue weighted by Gasteiger charge is -2.24. The minimum Gasteiger partial charge on any atom is -0.328 e. The lowest BCUT2D eigenvalue weighted by atomic mass is 10.0. The van der Waals surface area contributed by atoms with Gasteiger partial charge in [0, 0.05) is 18.0 Å². The van der Waals surface area contributed by atoms with E-state index >= 15 is 0 Å². The number of hydrogen-bond acceptors (Lipinski definition) is 1. The average molecular weight is 294 g/mol. The van der Waals surface area contributed by atoms with Crippen LogP contribution in [0.15, 0.2) is 18.2 Å². The summed E-state index contributed by atoms with van der Waals surface area (Å²) in [4.78, 5) is 13.0. The maximum absolute atomic E-state index is 12.5. The molecule has 106 valence electrons. The van der Waals surface area contributed by atoms with Gasteiger partial charge in [0.2, 0.25) is 0 Å². The molecule has 0 aliphatic heterocycles. The highest BCUT2D eigenvalue weighted by molar-refractivity contribution is 6.18. The van der Waals surface area contributed by atoms with Crippen LogP contribution in [0.4, 0.5) is 13.2 Å². The van der Waals surface area contributed by atoms with Gasteiger partial charge in [0.25, 0.3) is 5.91 Å². The van der Waals surface area contributed by atoms with Crippen molar-refractivity contribution in [1.82, 2.24) is 4.90 Å². The fourth-order valence-electron chi connectivity index (χ4n) is 1.88. The minimum absolute atomic E-state index is 0.0350. The molecule has 0 aromatic heterocycles. The Morgan fingerprint density at radius 3 is 2.21 bits per heavy atom. The van der Waals surface area contributed by atoms with Gasteiger partial charge in [0.05, 0.1) is 0 Å². The van der Waals surface area contributed by atoms with Crippen molar-refractivity contribution in [3.63, 3.8) is 0 Å². The number of alkyl halides is 4. The van der Waals surface area contributed by atoms with E-state index < -0.39 is 18.6 Å². The van der Waals surface area contributed by atoms with Gasteiger partial charge >= 0.3 is 6.18 Å². The van der Waals surface area contributed by atoms with Crippen LogP contribution in [0, 0.1) is 13.8 Å². The normalized spacial score (nSPS) is 11.5. The van der Waals surface area contributed by atoms with Gasteiger partial charge in [-0.2, -0.15) is 13.2 Å². The molecule has 19 heavy (non-hydrogen) atoms. The molecule has 0 radical (unpaired) electrons. The van der Waals surface area contributed by atoms with Crippen molar-refractivity contribution in [2.45, 2.75) is 20.0 Å². The van der Waals surface area contributed by atoms with E-state index in [1.807, 2.05) is 0 Å². The van der Waals surface area contributed by atoms with Gasteiger partial charge < -0.3 is 4.90 Å². The molecule has 0 atom stereocenters.